The van der Waals surface area contributed by atoms with Gasteiger partial charge in [-0.05, 0) is 6.07 Å². The topological polar surface area (TPSA) is 80.9 Å². The number of anilines is 1. The van der Waals surface area contributed by atoms with Crippen molar-refractivity contribution in [3.8, 4) is 0 Å². The van der Waals surface area contributed by atoms with Crippen molar-refractivity contribution in [1.29, 1.82) is 0 Å². The van der Waals surface area contributed by atoms with Crippen LogP contribution in [0.5, 0.6) is 0 Å². The highest BCUT2D eigenvalue weighted by Gasteiger charge is 2.09. The van der Waals surface area contributed by atoms with Gasteiger partial charge in [-0.2, -0.15) is 0 Å². The molecule has 3 N–H and O–H groups in total. The third kappa shape index (κ3) is 2.34. The molecule has 2 aromatic rings. The molecule has 0 aromatic carbocycles. The van der Waals surface area contributed by atoms with Gasteiger partial charge in [-0.3, -0.25) is 9.78 Å². The van der Waals surface area contributed by atoms with Crippen molar-refractivity contribution < 1.29 is 4.79 Å². The Morgan fingerprint density at radius 1 is 1.56 bits per heavy atom. The van der Waals surface area contributed by atoms with Gasteiger partial charge in [0.2, 0.25) is 0 Å². The average molecular weight is 234 g/mol. The zero-order valence-electron chi connectivity index (χ0n) is 8.38. The van der Waals surface area contributed by atoms with E-state index >= 15 is 0 Å². The second kappa shape index (κ2) is 4.71. The molecule has 0 aliphatic heterocycles. The number of hydrogen-bond acceptors (Lipinski definition) is 5. The van der Waals surface area contributed by atoms with Crippen LogP contribution in [0.1, 0.15) is 16.1 Å². The highest BCUT2D eigenvalue weighted by atomic mass is 32.1. The van der Waals surface area contributed by atoms with E-state index in [0.29, 0.717) is 17.8 Å². The molecule has 82 valence electrons. The van der Waals surface area contributed by atoms with Gasteiger partial charge in [0.05, 0.1) is 23.3 Å². The Morgan fingerprint density at radius 3 is 3.12 bits per heavy atom. The summed E-state index contributed by atoms with van der Waals surface area (Å²) in [7, 11) is 0. The van der Waals surface area contributed by atoms with Gasteiger partial charge in [0.25, 0.3) is 5.91 Å². The van der Waals surface area contributed by atoms with Crippen LogP contribution in [0.4, 0.5) is 5.69 Å². The summed E-state index contributed by atoms with van der Waals surface area (Å²) in [4.78, 5) is 19.6. The summed E-state index contributed by atoms with van der Waals surface area (Å²) in [5.74, 6) is -0.237. The molecule has 0 unspecified atom stereocenters. The number of rotatable bonds is 3. The predicted octanol–water partition coefficient (Wildman–Crippen LogP) is 1.05. The van der Waals surface area contributed by atoms with Crippen molar-refractivity contribution >= 4 is 22.9 Å². The smallest absolute Gasteiger partial charge is 0.255 e. The molecule has 2 rings (SSSR count). The van der Waals surface area contributed by atoms with Gasteiger partial charge in [-0.15, -0.1) is 11.3 Å². The number of pyridine rings is 1. The van der Waals surface area contributed by atoms with Gasteiger partial charge >= 0.3 is 0 Å². The summed E-state index contributed by atoms with van der Waals surface area (Å²) in [5.41, 5.74) is 9.02. The summed E-state index contributed by atoms with van der Waals surface area (Å²) in [6.45, 7) is 0.399. The van der Waals surface area contributed by atoms with E-state index in [1.54, 1.807) is 17.8 Å². The number of carbonyl (C=O) groups is 1. The van der Waals surface area contributed by atoms with Crippen LogP contribution in [0.25, 0.3) is 0 Å². The molecule has 0 spiro atoms. The predicted molar refractivity (Wildman–Crippen MR) is 61.9 cm³/mol. The summed E-state index contributed by atoms with van der Waals surface area (Å²) >= 11 is 1.49. The molecule has 1 amide bonds. The lowest BCUT2D eigenvalue weighted by molar-refractivity contribution is 0.0951. The van der Waals surface area contributed by atoms with Crippen LogP contribution in [0.2, 0.25) is 0 Å². The molecular weight excluding hydrogens is 224 g/mol. The maximum atomic E-state index is 11.7. The monoisotopic (exact) mass is 234 g/mol. The van der Waals surface area contributed by atoms with E-state index in [4.69, 9.17) is 5.73 Å². The fraction of sp³-hybridized carbons (Fsp3) is 0.100. The van der Waals surface area contributed by atoms with Crippen LogP contribution in [0.3, 0.4) is 0 Å². The Bertz CT molecular complexity index is 483. The first kappa shape index (κ1) is 10.6. The van der Waals surface area contributed by atoms with E-state index < -0.39 is 0 Å². The van der Waals surface area contributed by atoms with Crippen LogP contribution in [-0.2, 0) is 6.54 Å². The number of carbonyl (C=O) groups excluding carboxylic acids is 1. The molecule has 0 saturated heterocycles. The Morgan fingerprint density at radius 2 is 2.44 bits per heavy atom. The molecule has 0 bridgehead atoms. The van der Waals surface area contributed by atoms with Gasteiger partial charge in [0, 0.05) is 23.5 Å². The minimum absolute atomic E-state index is 0.237. The lowest BCUT2D eigenvalue weighted by Gasteiger charge is -2.04. The Balaban J connectivity index is 2.01. The summed E-state index contributed by atoms with van der Waals surface area (Å²) in [6, 6.07) is 1.59. The highest BCUT2D eigenvalue weighted by Crippen LogP contribution is 2.08. The van der Waals surface area contributed by atoms with Crippen molar-refractivity contribution in [2.75, 3.05) is 5.73 Å². The molecule has 0 atom stereocenters. The molecular formula is C10H10N4OS. The molecule has 0 fully saturated rings. The lowest BCUT2D eigenvalue weighted by atomic mass is 10.2. The zero-order valence-corrected chi connectivity index (χ0v) is 9.20. The van der Waals surface area contributed by atoms with Crippen LogP contribution in [0.15, 0.2) is 29.4 Å². The van der Waals surface area contributed by atoms with Crippen molar-refractivity contribution in [2.24, 2.45) is 0 Å². The molecule has 5 nitrogen and oxygen atoms in total. The van der Waals surface area contributed by atoms with Crippen LogP contribution in [-0.4, -0.2) is 15.9 Å². The number of nitrogens with two attached hydrogens (primary N) is 1. The lowest BCUT2D eigenvalue weighted by Crippen LogP contribution is -2.24. The van der Waals surface area contributed by atoms with Gasteiger partial charge < -0.3 is 11.1 Å². The number of aromatic nitrogens is 2. The minimum Gasteiger partial charge on any atom is -0.398 e. The molecule has 0 aliphatic carbocycles. The Labute approximate surface area is 96.3 Å². The zero-order chi connectivity index (χ0) is 11.4. The van der Waals surface area contributed by atoms with Crippen LogP contribution in [0, 0.1) is 0 Å². The summed E-state index contributed by atoms with van der Waals surface area (Å²) in [6.07, 6.45) is 3.00. The Hall–Kier alpha value is -1.95. The van der Waals surface area contributed by atoms with Crippen LogP contribution >= 0.6 is 11.3 Å². The van der Waals surface area contributed by atoms with Crippen molar-refractivity contribution in [2.45, 2.75) is 6.54 Å². The average Bonchev–Trinajstić information content (AvgIpc) is 2.79. The normalized spacial score (nSPS) is 10.0. The molecule has 2 heterocycles. The quantitative estimate of drug-likeness (QED) is 0.831. The molecule has 0 aliphatic rings. The third-order valence-corrected chi connectivity index (χ3v) is 2.65. The number of nitrogens with zero attached hydrogens (tertiary/aromatic N) is 2. The second-order valence-corrected chi connectivity index (χ2v) is 3.84. The molecule has 2 aromatic heterocycles. The second-order valence-electron chi connectivity index (χ2n) is 3.13. The summed E-state index contributed by atoms with van der Waals surface area (Å²) < 4.78 is 0. The third-order valence-electron chi connectivity index (χ3n) is 2.01. The maximum absolute atomic E-state index is 11.7. The van der Waals surface area contributed by atoms with Gasteiger partial charge in [-0.1, -0.05) is 0 Å². The molecule has 0 saturated carbocycles. The van der Waals surface area contributed by atoms with Gasteiger partial charge in [0.1, 0.15) is 0 Å². The van der Waals surface area contributed by atoms with Gasteiger partial charge in [-0.25, -0.2) is 4.98 Å². The SMILES string of the molecule is Nc1ccncc1C(=O)NCc1cscn1. The highest BCUT2D eigenvalue weighted by molar-refractivity contribution is 7.07. The van der Waals surface area contributed by atoms with Gasteiger partial charge in [0.15, 0.2) is 0 Å². The van der Waals surface area contributed by atoms with Crippen molar-refractivity contribution in [3.05, 3.63) is 40.6 Å². The molecule has 6 heteroatoms. The van der Waals surface area contributed by atoms with E-state index in [-0.39, 0.29) is 5.91 Å². The van der Waals surface area contributed by atoms with Crippen molar-refractivity contribution in [3.63, 3.8) is 0 Å². The fourth-order valence-corrected chi connectivity index (χ4v) is 1.74. The Kier molecular flexibility index (Phi) is 3.11. The number of hydrogen-bond donors (Lipinski definition) is 2. The molecule has 0 radical (unpaired) electrons. The first-order chi connectivity index (χ1) is 7.77. The number of nitrogen functional groups attached to an aromatic ring is 1. The largest absolute Gasteiger partial charge is 0.398 e. The fourth-order valence-electron chi connectivity index (χ4n) is 1.19. The number of thiazole rings is 1. The van der Waals surface area contributed by atoms with Crippen molar-refractivity contribution in [1.82, 2.24) is 15.3 Å². The summed E-state index contributed by atoms with van der Waals surface area (Å²) in [5, 5.41) is 4.61. The minimum atomic E-state index is -0.237. The van der Waals surface area contributed by atoms with E-state index in [2.05, 4.69) is 15.3 Å². The standard InChI is InChI=1S/C10H10N4OS/c11-9-1-2-12-4-8(9)10(15)13-3-7-5-16-6-14-7/h1-2,4-6H,3H2,(H2,11,12)(H,13,15). The number of nitrogens with one attached hydrogen (secondary N) is 1. The van der Waals surface area contributed by atoms with E-state index in [1.807, 2.05) is 5.38 Å². The number of amides is 1. The van der Waals surface area contributed by atoms with E-state index in [0.717, 1.165) is 5.69 Å². The first-order valence-electron chi connectivity index (χ1n) is 4.62. The van der Waals surface area contributed by atoms with E-state index in [9.17, 15) is 4.79 Å². The van der Waals surface area contributed by atoms with Crippen LogP contribution < -0.4 is 11.1 Å². The molecule has 16 heavy (non-hydrogen) atoms. The maximum Gasteiger partial charge on any atom is 0.255 e. The first-order valence-corrected chi connectivity index (χ1v) is 5.56. The van der Waals surface area contributed by atoms with E-state index in [1.165, 1.54) is 17.5 Å².